The molecule has 0 bridgehead atoms. The average Bonchev–Trinajstić information content (AvgIpc) is 2.91. The Morgan fingerprint density at radius 1 is 0.526 bits per heavy atom. The highest BCUT2D eigenvalue weighted by Gasteiger charge is 2.33. The van der Waals surface area contributed by atoms with E-state index in [-0.39, 0.29) is 11.8 Å². The fraction of sp³-hybridized carbons (Fsp3) is 0.200. The third-order valence-electron chi connectivity index (χ3n) is 7.39. The molecule has 0 atom stereocenters. The lowest BCUT2D eigenvalue weighted by molar-refractivity contribution is 0.0828. The van der Waals surface area contributed by atoms with Crippen LogP contribution in [-0.2, 0) is 0 Å². The van der Waals surface area contributed by atoms with Gasteiger partial charge in [-0.2, -0.15) is 0 Å². The SMILES string of the molecule is CCCSc1cc2c3c(ccc4c5c(SCCC)cc6c7c(ccc(c1c34)c75)C(=O)NC6=O)C(=O)NC2=O. The molecule has 0 unspecified atom stereocenters. The topological polar surface area (TPSA) is 92.3 Å². The maximum Gasteiger partial charge on any atom is 0.258 e. The Kier molecular flexibility index (Phi) is 5.22. The smallest absolute Gasteiger partial charge is 0.258 e. The number of hydrogen-bond donors (Lipinski definition) is 2. The summed E-state index contributed by atoms with van der Waals surface area (Å²) in [5.41, 5.74) is 1.98. The zero-order chi connectivity index (χ0) is 26.3. The number of imide groups is 2. The molecule has 2 aliphatic heterocycles. The highest BCUT2D eigenvalue weighted by Crippen LogP contribution is 2.50. The first-order valence-electron chi connectivity index (χ1n) is 12.7. The predicted molar refractivity (Wildman–Crippen MR) is 153 cm³/mol. The quantitative estimate of drug-likeness (QED) is 0.111. The van der Waals surface area contributed by atoms with Crippen molar-refractivity contribution < 1.29 is 19.2 Å². The van der Waals surface area contributed by atoms with E-state index < -0.39 is 11.8 Å². The van der Waals surface area contributed by atoms with Gasteiger partial charge < -0.3 is 0 Å². The summed E-state index contributed by atoms with van der Waals surface area (Å²) in [6, 6.07) is 11.3. The van der Waals surface area contributed by atoms with E-state index in [9.17, 15) is 19.2 Å². The number of hydrogen-bond acceptors (Lipinski definition) is 6. The summed E-state index contributed by atoms with van der Waals surface area (Å²) in [6.07, 6.45) is 1.91. The second-order valence-electron chi connectivity index (χ2n) is 9.68. The Labute approximate surface area is 226 Å². The third-order valence-corrected chi connectivity index (χ3v) is 9.88. The molecule has 8 heteroatoms. The van der Waals surface area contributed by atoms with Crippen molar-refractivity contribution in [3.8, 4) is 0 Å². The van der Waals surface area contributed by atoms with Crippen LogP contribution in [0.4, 0.5) is 0 Å². The maximum absolute atomic E-state index is 13.1. The van der Waals surface area contributed by atoms with Gasteiger partial charge in [0, 0.05) is 64.4 Å². The minimum absolute atomic E-state index is 0.386. The van der Waals surface area contributed by atoms with Crippen molar-refractivity contribution >= 4 is 90.2 Å². The predicted octanol–water partition coefficient (Wildman–Crippen LogP) is 6.51. The lowest BCUT2D eigenvalue weighted by Crippen LogP contribution is -2.35. The number of rotatable bonds is 6. The first-order chi connectivity index (χ1) is 18.4. The van der Waals surface area contributed by atoms with E-state index in [4.69, 9.17) is 0 Å². The van der Waals surface area contributed by atoms with Crippen molar-refractivity contribution in [2.45, 2.75) is 36.5 Å². The molecule has 5 aromatic carbocycles. The van der Waals surface area contributed by atoms with Gasteiger partial charge in [0.2, 0.25) is 0 Å². The maximum atomic E-state index is 13.1. The summed E-state index contributed by atoms with van der Waals surface area (Å²) >= 11 is 3.36. The molecule has 7 rings (SSSR count). The second kappa shape index (κ2) is 8.44. The molecule has 38 heavy (non-hydrogen) atoms. The van der Waals surface area contributed by atoms with Crippen molar-refractivity contribution in [3.63, 3.8) is 0 Å². The van der Waals surface area contributed by atoms with Crippen LogP contribution in [0.15, 0.2) is 46.2 Å². The molecule has 6 nitrogen and oxygen atoms in total. The van der Waals surface area contributed by atoms with E-state index in [2.05, 4.69) is 24.5 Å². The Balaban J connectivity index is 1.79. The van der Waals surface area contributed by atoms with Crippen LogP contribution in [0.25, 0.3) is 43.1 Å². The van der Waals surface area contributed by atoms with E-state index >= 15 is 0 Å². The monoisotopic (exact) mass is 538 g/mol. The van der Waals surface area contributed by atoms with Crippen molar-refractivity contribution in [3.05, 3.63) is 58.7 Å². The van der Waals surface area contributed by atoms with Gasteiger partial charge in [0.05, 0.1) is 0 Å². The largest absolute Gasteiger partial charge is 0.288 e. The van der Waals surface area contributed by atoms with E-state index in [1.165, 1.54) is 0 Å². The molecule has 0 radical (unpaired) electrons. The normalized spacial score (nSPS) is 14.8. The summed E-state index contributed by atoms with van der Waals surface area (Å²) in [7, 11) is 0. The number of fused-ring (bicyclic) bond motifs is 2. The molecule has 188 valence electrons. The van der Waals surface area contributed by atoms with Crippen LogP contribution in [0.5, 0.6) is 0 Å². The molecule has 0 saturated carbocycles. The molecule has 0 spiro atoms. The minimum Gasteiger partial charge on any atom is -0.288 e. The van der Waals surface area contributed by atoms with Gasteiger partial charge in [-0.05, 0) is 59.4 Å². The first kappa shape index (κ1) is 23.5. The van der Waals surface area contributed by atoms with Gasteiger partial charge in [0.15, 0.2) is 0 Å². The summed E-state index contributed by atoms with van der Waals surface area (Å²) < 4.78 is 0. The summed E-state index contributed by atoms with van der Waals surface area (Å²) in [5, 5.41) is 11.9. The Bertz CT molecular complexity index is 1790. The van der Waals surface area contributed by atoms with Crippen LogP contribution in [0.2, 0.25) is 0 Å². The molecule has 5 aromatic rings. The first-order valence-corrected chi connectivity index (χ1v) is 14.7. The molecular weight excluding hydrogens is 516 g/mol. The molecule has 2 aliphatic rings. The van der Waals surface area contributed by atoms with Gasteiger partial charge in [0.1, 0.15) is 0 Å². The average molecular weight is 539 g/mol. The van der Waals surface area contributed by atoms with Gasteiger partial charge in [-0.3, -0.25) is 29.8 Å². The fourth-order valence-corrected chi connectivity index (χ4v) is 7.86. The van der Waals surface area contributed by atoms with Crippen LogP contribution in [-0.4, -0.2) is 35.1 Å². The number of nitrogens with one attached hydrogen (secondary N) is 2. The highest BCUT2D eigenvalue weighted by atomic mass is 32.2. The van der Waals surface area contributed by atoms with Crippen LogP contribution in [0.3, 0.4) is 0 Å². The zero-order valence-corrected chi connectivity index (χ0v) is 22.4. The van der Waals surface area contributed by atoms with Crippen molar-refractivity contribution in [1.82, 2.24) is 10.6 Å². The zero-order valence-electron chi connectivity index (χ0n) is 20.7. The number of amides is 4. The van der Waals surface area contributed by atoms with E-state index in [0.717, 1.165) is 66.5 Å². The van der Waals surface area contributed by atoms with E-state index in [1.807, 2.05) is 24.3 Å². The molecule has 0 aromatic heterocycles. The molecule has 0 aliphatic carbocycles. The Morgan fingerprint density at radius 3 is 1.32 bits per heavy atom. The molecule has 0 fully saturated rings. The van der Waals surface area contributed by atoms with Crippen molar-refractivity contribution in [2.24, 2.45) is 0 Å². The van der Waals surface area contributed by atoms with Gasteiger partial charge in [-0.1, -0.05) is 26.0 Å². The van der Waals surface area contributed by atoms with Crippen LogP contribution in [0, 0.1) is 0 Å². The molecule has 2 N–H and O–H groups in total. The van der Waals surface area contributed by atoms with Crippen molar-refractivity contribution in [1.29, 1.82) is 0 Å². The Hall–Kier alpha value is -3.62. The number of carbonyl (C=O) groups is 4. The summed E-state index contributed by atoms with van der Waals surface area (Å²) in [5.74, 6) is 0.160. The van der Waals surface area contributed by atoms with E-state index in [1.54, 1.807) is 35.7 Å². The van der Waals surface area contributed by atoms with Gasteiger partial charge >= 0.3 is 0 Å². The lowest BCUT2D eigenvalue weighted by Gasteiger charge is -2.26. The molecule has 4 amide bonds. The standard InChI is InChI=1S/C30H22N2O4S2/c1-3-9-37-19-11-17-21-15(27(33)31-29(17)35)8-6-14-24-20(38-10-4-2)12-18-22-16(28(34)32-30(18)36)7-5-13(26(22)24)23(19)25(14)21/h5-8,11-12H,3-4,9-10H2,1-2H3,(H,31,33,35)(H,32,34,36). The fourth-order valence-electron chi connectivity index (χ4n) is 5.90. The third kappa shape index (κ3) is 3.04. The van der Waals surface area contributed by atoms with Crippen LogP contribution in [0.1, 0.15) is 68.1 Å². The van der Waals surface area contributed by atoms with E-state index in [0.29, 0.717) is 33.0 Å². The van der Waals surface area contributed by atoms with Gasteiger partial charge in [-0.25, -0.2) is 0 Å². The van der Waals surface area contributed by atoms with Gasteiger partial charge in [0.25, 0.3) is 23.6 Å². The van der Waals surface area contributed by atoms with Crippen LogP contribution >= 0.6 is 23.5 Å². The molecule has 2 heterocycles. The summed E-state index contributed by atoms with van der Waals surface area (Å²) in [6.45, 7) is 4.22. The lowest BCUT2D eigenvalue weighted by atomic mass is 9.82. The molecular formula is C30H22N2O4S2. The minimum atomic E-state index is -0.396. The summed E-state index contributed by atoms with van der Waals surface area (Å²) in [4.78, 5) is 53.8. The molecule has 0 saturated heterocycles. The van der Waals surface area contributed by atoms with Gasteiger partial charge in [-0.15, -0.1) is 23.5 Å². The number of carbonyl (C=O) groups excluding carboxylic acids is 4. The highest BCUT2D eigenvalue weighted by molar-refractivity contribution is 7.99. The second-order valence-corrected chi connectivity index (χ2v) is 12.0. The van der Waals surface area contributed by atoms with Crippen molar-refractivity contribution in [2.75, 3.05) is 11.5 Å². The van der Waals surface area contributed by atoms with Crippen LogP contribution < -0.4 is 10.6 Å². The Morgan fingerprint density at radius 2 is 0.921 bits per heavy atom. The number of benzene rings is 5. The number of thioether (sulfide) groups is 2.